The molecule has 0 saturated heterocycles. The molecular weight excluding hydrogens is 228 g/mol. The summed E-state index contributed by atoms with van der Waals surface area (Å²) in [7, 11) is 1.70. The van der Waals surface area contributed by atoms with Crippen molar-refractivity contribution >= 4 is 11.6 Å². The number of nitrogens with one attached hydrogen (secondary N) is 2. The molecule has 0 amide bonds. The lowest BCUT2D eigenvalue weighted by molar-refractivity contribution is 0.198. The van der Waals surface area contributed by atoms with Crippen LogP contribution in [0.4, 0.5) is 0 Å². The highest BCUT2D eigenvalue weighted by Gasteiger charge is 2.03. The molecule has 0 radical (unpaired) electrons. The van der Waals surface area contributed by atoms with E-state index in [0.29, 0.717) is 17.8 Å². The number of hydrogen-bond donors (Lipinski definition) is 2. The minimum Gasteiger partial charge on any atom is -0.448 e. The standard InChI is InChI=1S/C11H19ClN2O2/c1-9(7-13-5-6-15-2)14-8-10-3-4-11(12)16-10/h3-4,9,13-14H,5-8H2,1-2H3. The molecule has 92 valence electrons. The summed E-state index contributed by atoms with van der Waals surface area (Å²) in [4.78, 5) is 0. The van der Waals surface area contributed by atoms with Gasteiger partial charge in [0.15, 0.2) is 5.22 Å². The van der Waals surface area contributed by atoms with Crippen LogP contribution in [-0.2, 0) is 11.3 Å². The van der Waals surface area contributed by atoms with Gasteiger partial charge < -0.3 is 19.8 Å². The minimum absolute atomic E-state index is 0.376. The number of halogens is 1. The van der Waals surface area contributed by atoms with E-state index in [-0.39, 0.29) is 0 Å². The van der Waals surface area contributed by atoms with Crippen molar-refractivity contribution in [1.29, 1.82) is 0 Å². The zero-order chi connectivity index (χ0) is 11.8. The number of rotatable bonds is 8. The van der Waals surface area contributed by atoms with E-state index in [0.717, 1.165) is 25.5 Å². The molecule has 0 aliphatic heterocycles. The van der Waals surface area contributed by atoms with Gasteiger partial charge in [0.05, 0.1) is 13.2 Å². The van der Waals surface area contributed by atoms with Gasteiger partial charge in [0.1, 0.15) is 5.76 Å². The van der Waals surface area contributed by atoms with Crippen molar-refractivity contribution in [2.45, 2.75) is 19.5 Å². The van der Waals surface area contributed by atoms with Crippen molar-refractivity contribution in [3.8, 4) is 0 Å². The summed E-state index contributed by atoms with van der Waals surface area (Å²) < 4.78 is 10.2. The first-order valence-electron chi connectivity index (χ1n) is 5.39. The maximum absolute atomic E-state index is 5.67. The Balaban J connectivity index is 2.08. The van der Waals surface area contributed by atoms with Gasteiger partial charge in [-0.1, -0.05) is 0 Å². The maximum atomic E-state index is 5.67. The second-order valence-corrected chi connectivity index (χ2v) is 4.06. The Labute approximate surface area is 101 Å². The Bertz CT molecular complexity index is 291. The summed E-state index contributed by atoms with van der Waals surface area (Å²) >= 11 is 5.67. The molecule has 5 heteroatoms. The quantitative estimate of drug-likeness (QED) is 0.685. The van der Waals surface area contributed by atoms with Crippen LogP contribution in [0, 0.1) is 0 Å². The molecule has 1 rings (SSSR count). The monoisotopic (exact) mass is 246 g/mol. The maximum Gasteiger partial charge on any atom is 0.193 e. The average Bonchev–Trinajstić information content (AvgIpc) is 2.68. The van der Waals surface area contributed by atoms with Gasteiger partial charge >= 0.3 is 0 Å². The zero-order valence-corrected chi connectivity index (χ0v) is 10.5. The molecule has 0 spiro atoms. The van der Waals surface area contributed by atoms with E-state index >= 15 is 0 Å². The first-order chi connectivity index (χ1) is 7.72. The molecule has 0 bridgehead atoms. The molecule has 0 aromatic carbocycles. The zero-order valence-electron chi connectivity index (χ0n) is 9.75. The fourth-order valence-corrected chi connectivity index (χ4v) is 1.45. The van der Waals surface area contributed by atoms with Crippen molar-refractivity contribution < 1.29 is 9.15 Å². The molecule has 0 aliphatic rings. The minimum atomic E-state index is 0.376. The van der Waals surface area contributed by atoms with Crippen LogP contribution in [0.3, 0.4) is 0 Å². The predicted octanol–water partition coefficient (Wildman–Crippen LogP) is 1.65. The Morgan fingerprint density at radius 2 is 2.31 bits per heavy atom. The van der Waals surface area contributed by atoms with Gasteiger partial charge in [-0.25, -0.2) is 0 Å². The van der Waals surface area contributed by atoms with Gasteiger partial charge in [-0.15, -0.1) is 0 Å². The van der Waals surface area contributed by atoms with Gasteiger partial charge in [-0.2, -0.15) is 0 Å². The van der Waals surface area contributed by atoms with Crippen LogP contribution in [0.25, 0.3) is 0 Å². The number of hydrogen-bond acceptors (Lipinski definition) is 4. The third-order valence-electron chi connectivity index (χ3n) is 2.19. The predicted molar refractivity (Wildman–Crippen MR) is 64.8 cm³/mol. The summed E-state index contributed by atoms with van der Waals surface area (Å²) in [6.45, 7) is 5.32. The van der Waals surface area contributed by atoms with Crippen molar-refractivity contribution in [3.63, 3.8) is 0 Å². The molecule has 1 aromatic rings. The van der Waals surface area contributed by atoms with E-state index in [1.54, 1.807) is 13.2 Å². The summed E-state index contributed by atoms with van der Waals surface area (Å²) in [6.07, 6.45) is 0. The largest absolute Gasteiger partial charge is 0.448 e. The van der Waals surface area contributed by atoms with Gasteiger partial charge in [0.25, 0.3) is 0 Å². The smallest absolute Gasteiger partial charge is 0.193 e. The van der Waals surface area contributed by atoms with Crippen LogP contribution < -0.4 is 10.6 Å². The molecule has 0 fully saturated rings. The van der Waals surface area contributed by atoms with Crippen LogP contribution in [0.1, 0.15) is 12.7 Å². The third-order valence-corrected chi connectivity index (χ3v) is 2.39. The van der Waals surface area contributed by atoms with E-state index in [1.807, 2.05) is 6.07 Å². The second-order valence-electron chi connectivity index (χ2n) is 3.68. The van der Waals surface area contributed by atoms with E-state index in [4.69, 9.17) is 20.8 Å². The first kappa shape index (κ1) is 13.5. The molecule has 0 saturated carbocycles. The molecule has 1 unspecified atom stereocenters. The van der Waals surface area contributed by atoms with Crippen molar-refractivity contribution in [3.05, 3.63) is 23.1 Å². The lowest BCUT2D eigenvalue weighted by Crippen LogP contribution is -2.37. The lowest BCUT2D eigenvalue weighted by Gasteiger charge is -2.13. The fourth-order valence-electron chi connectivity index (χ4n) is 1.29. The van der Waals surface area contributed by atoms with Gasteiger partial charge in [-0.05, 0) is 30.7 Å². The Morgan fingerprint density at radius 3 is 2.94 bits per heavy atom. The van der Waals surface area contributed by atoms with Gasteiger partial charge in [-0.3, -0.25) is 0 Å². The summed E-state index contributed by atoms with van der Waals surface area (Å²) in [5, 5.41) is 7.05. The average molecular weight is 247 g/mol. The lowest BCUT2D eigenvalue weighted by atomic mass is 10.3. The van der Waals surface area contributed by atoms with E-state index in [1.165, 1.54) is 0 Å². The molecule has 16 heavy (non-hydrogen) atoms. The highest BCUT2D eigenvalue weighted by molar-refractivity contribution is 6.28. The number of methoxy groups -OCH3 is 1. The molecule has 0 aliphatic carbocycles. The van der Waals surface area contributed by atoms with Crippen LogP contribution in [0.2, 0.25) is 5.22 Å². The van der Waals surface area contributed by atoms with Crippen molar-refractivity contribution in [2.24, 2.45) is 0 Å². The van der Waals surface area contributed by atoms with E-state index in [2.05, 4.69) is 17.6 Å². The molecule has 1 aromatic heterocycles. The molecule has 4 nitrogen and oxygen atoms in total. The van der Waals surface area contributed by atoms with Crippen molar-refractivity contribution in [1.82, 2.24) is 10.6 Å². The second kappa shape index (κ2) is 7.68. The number of furan rings is 1. The van der Waals surface area contributed by atoms with Gasteiger partial charge in [0, 0.05) is 26.2 Å². The topological polar surface area (TPSA) is 46.4 Å². The summed E-state index contributed by atoms with van der Waals surface area (Å²) in [6, 6.07) is 4.00. The normalized spacial score (nSPS) is 12.9. The fraction of sp³-hybridized carbons (Fsp3) is 0.636. The Hall–Kier alpha value is -0.550. The summed E-state index contributed by atoms with van der Waals surface area (Å²) in [5.41, 5.74) is 0. The van der Waals surface area contributed by atoms with Crippen LogP contribution >= 0.6 is 11.6 Å². The highest BCUT2D eigenvalue weighted by Crippen LogP contribution is 2.12. The highest BCUT2D eigenvalue weighted by atomic mass is 35.5. The van der Waals surface area contributed by atoms with Crippen LogP contribution in [0.15, 0.2) is 16.5 Å². The van der Waals surface area contributed by atoms with Crippen LogP contribution in [0.5, 0.6) is 0 Å². The number of ether oxygens (including phenoxy) is 1. The molecule has 2 N–H and O–H groups in total. The van der Waals surface area contributed by atoms with Gasteiger partial charge in [0.2, 0.25) is 0 Å². The third kappa shape index (κ3) is 5.51. The Morgan fingerprint density at radius 1 is 1.50 bits per heavy atom. The molecule has 1 atom stereocenters. The van der Waals surface area contributed by atoms with E-state index in [9.17, 15) is 0 Å². The van der Waals surface area contributed by atoms with E-state index < -0.39 is 0 Å². The van der Waals surface area contributed by atoms with Crippen molar-refractivity contribution in [2.75, 3.05) is 26.8 Å². The molecule has 1 heterocycles. The summed E-state index contributed by atoms with van der Waals surface area (Å²) in [5.74, 6) is 0.855. The first-order valence-corrected chi connectivity index (χ1v) is 5.77. The molecular formula is C11H19ClN2O2. The Kier molecular flexibility index (Phi) is 6.49. The SMILES string of the molecule is COCCNCC(C)NCc1ccc(Cl)o1. The van der Waals surface area contributed by atoms with Crippen LogP contribution in [-0.4, -0.2) is 32.8 Å².